The monoisotopic (exact) mass is 280 g/mol. The minimum Gasteiger partial charge on any atom is -0.395 e. The summed E-state index contributed by atoms with van der Waals surface area (Å²) in [6, 6.07) is 1.09. The van der Waals surface area contributed by atoms with Crippen molar-refractivity contribution in [3.8, 4) is 0 Å². The minimum atomic E-state index is -1.91. The molecular formula is C11H28O2SSi2. The van der Waals surface area contributed by atoms with Crippen LogP contribution in [0.5, 0.6) is 0 Å². The van der Waals surface area contributed by atoms with Gasteiger partial charge >= 0.3 is 8.56 Å². The summed E-state index contributed by atoms with van der Waals surface area (Å²) in [4.78, 5) is 0. The van der Waals surface area contributed by atoms with E-state index in [0.29, 0.717) is 0 Å². The molecule has 0 aliphatic heterocycles. The summed E-state index contributed by atoms with van der Waals surface area (Å²) in [5.41, 5.74) is 0.279. The molecule has 0 saturated heterocycles. The normalized spacial score (nSPS) is 18.2. The second-order valence-corrected chi connectivity index (χ2v) is 18.0. The maximum absolute atomic E-state index is 6.21. The Morgan fingerprint density at radius 1 is 1.12 bits per heavy atom. The summed E-state index contributed by atoms with van der Waals surface area (Å²) in [5.74, 6) is 0. The van der Waals surface area contributed by atoms with Crippen molar-refractivity contribution in [2.75, 3.05) is 6.61 Å². The third kappa shape index (κ3) is 7.89. The van der Waals surface area contributed by atoms with Crippen LogP contribution in [0.15, 0.2) is 0 Å². The van der Waals surface area contributed by atoms with E-state index >= 15 is 0 Å². The predicted octanol–water partition coefficient (Wildman–Crippen LogP) is 4.44. The van der Waals surface area contributed by atoms with Gasteiger partial charge in [-0.2, -0.15) is 11.2 Å². The Balaban J connectivity index is 4.28. The fourth-order valence-electron chi connectivity index (χ4n) is 1.80. The third-order valence-electron chi connectivity index (χ3n) is 2.09. The van der Waals surface area contributed by atoms with Gasteiger partial charge in [-0.1, -0.05) is 33.0 Å². The van der Waals surface area contributed by atoms with Crippen LogP contribution in [0.2, 0.25) is 32.2 Å². The van der Waals surface area contributed by atoms with Crippen LogP contribution in [0.3, 0.4) is 0 Å². The van der Waals surface area contributed by atoms with E-state index in [0.717, 1.165) is 19.1 Å². The highest BCUT2D eigenvalue weighted by Crippen LogP contribution is 2.29. The Hall–Kier alpha value is 0.704. The summed E-state index contributed by atoms with van der Waals surface area (Å²) in [7, 11) is -3.02. The van der Waals surface area contributed by atoms with Crippen molar-refractivity contribution >= 4 is 27.0 Å². The third-order valence-corrected chi connectivity index (χ3v) is 9.67. The molecule has 0 spiro atoms. The molecule has 0 aromatic carbocycles. The van der Waals surface area contributed by atoms with Gasteiger partial charge in [-0.05, 0) is 26.4 Å². The van der Waals surface area contributed by atoms with E-state index < -0.39 is 15.8 Å². The van der Waals surface area contributed by atoms with E-state index in [9.17, 15) is 0 Å². The SMILES string of the molecule is CCC[Si](C)(OCC)OC(C)S[Si](C)(C)C. The van der Waals surface area contributed by atoms with Gasteiger partial charge in [-0.3, -0.25) is 0 Å². The summed E-state index contributed by atoms with van der Waals surface area (Å²) in [6.07, 6.45) is 1.15. The molecule has 0 aliphatic rings. The molecule has 0 aliphatic carbocycles. The molecule has 2 nitrogen and oxygen atoms in total. The van der Waals surface area contributed by atoms with E-state index in [2.05, 4.69) is 47.0 Å². The van der Waals surface area contributed by atoms with Gasteiger partial charge in [0.25, 0.3) is 0 Å². The van der Waals surface area contributed by atoms with Gasteiger partial charge in [0.05, 0.1) is 5.44 Å². The Morgan fingerprint density at radius 2 is 1.69 bits per heavy atom. The van der Waals surface area contributed by atoms with Crippen molar-refractivity contribution in [3.05, 3.63) is 0 Å². The highest BCUT2D eigenvalue weighted by molar-refractivity contribution is 8.28. The molecule has 0 N–H and O–H groups in total. The molecule has 0 radical (unpaired) electrons. The van der Waals surface area contributed by atoms with Crippen LogP contribution in [0, 0.1) is 0 Å². The highest BCUT2D eigenvalue weighted by Gasteiger charge is 2.33. The lowest BCUT2D eigenvalue weighted by Crippen LogP contribution is -2.41. The first-order valence-electron chi connectivity index (χ1n) is 6.22. The van der Waals surface area contributed by atoms with Crippen molar-refractivity contribution in [1.82, 2.24) is 0 Å². The molecule has 0 heterocycles. The van der Waals surface area contributed by atoms with Crippen LogP contribution in [-0.2, 0) is 8.85 Å². The number of hydrogen-bond donors (Lipinski definition) is 0. The second kappa shape index (κ2) is 7.21. The van der Waals surface area contributed by atoms with Crippen LogP contribution < -0.4 is 0 Å². The van der Waals surface area contributed by atoms with Crippen LogP contribution in [0.4, 0.5) is 0 Å². The zero-order valence-electron chi connectivity index (χ0n) is 11.9. The highest BCUT2D eigenvalue weighted by atomic mass is 32.4. The van der Waals surface area contributed by atoms with Crippen LogP contribution >= 0.6 is 11.2 Å². The Morgan fingerprint density at radius 3 is 2.06 bits per heavy atom. The average Bonchev–Trinajstić information content (AvgIpc) is 1.99. The van der Waals surface area contributed by atoms with Gasteiger partial charge in [0.1, 0.15) is 7.22 Å². The molecular weight excluding hydrogens is 252 g/mol. The fourth-order valence-corrected chi connectivity index (χ4v) is 9.57. The maximum atomic E-state index is 6.21. The number of hydrogen-bond acceptors (Lipinski definition) is 3. The lowest BCUT2D eigenvalue weighted by atomic mass is 10.6. The lowest BCUT2D eigenvalue weighted by Gasteiger charge is -2.31. The smallest absolute Gasteiger partial charge is 0.335 e. The molecule has 0 saturated carbocycles. The summed E-state index contributed by atoms with van der Waals surface area (Å²) < 4.78 is 12.1. The van der Waals surface area contributed by atoms with Crippen LogP contribution in [0.1, 0.15) is 27.2 Å². The standard InChI is InChI=1S/C11H28O2SSi2/c1-8-10-16(7,12-9-2)13-11(3)14-15(4,5)6/h11H,8-10H2,1-7H3. The van der Waals surface area contributed by atoms with Gasteiger partial charge in [0.15, 0.2) is 0 Å². The zero-order chi connectivity index (χ0) is 12.8. The quantitative estimate of drug-likeness (QED) is 0.484. The average molecular weight is 281 g/mol. The van der Waals surface area contributed by atoms with Crippen molar-refractivity contribution in [1.29, 1.82) is 0 Å². The molecule has 2 unspecified atom stereocenters. The molecule has 0 amide bonds. The first-order chi connectivity index (χ1) is 7.22. The van der Waals surface area contributed by atoms with Crippen LogP contribution in [0.25, 0.3) is 0 Å². The van der Waals surface area contributed by atoms with E-state index in [1.165, 1.54) is 0 Å². The second-order valence-electron chi connectivity index (χ2n) is 5.23. The Kier molecular flexibility index (Phi) is 7.52. The summed E-state index contributed by atoms with van der Waals surface area (Å²) in [5, 5.41) is 0. The predicted molar refractivity (Wildman–Crippen MR) is 79.8 cm³/mol. The molecule has 0 rings (SSSR count). The minimum absolute atomic E-state index is 0.279. The fraction of sp³-hybridized carbons (Fsp3) is 1.00. The van der Waals surface area contributed by atoms with Crippen molar-refractivity contribution in [2.45, 2.75) is 64.9 Å². The van der Waals surface area contributed by atoms with Gasteiger partial charge in [0, 0.05) is 6.61 Å². The largest absolute Gasteiger partial charge is 0.395 e. The first-order valence-corrected chi connectivity index (χ1v) is 13.8. The molecule has 16 heavy (non-hydrogen) atoms. The lowest BCUT2D eigenvalue weighted by molar-refractivity contribution is 0.175. The van der Waals surface area contributed by atoms with Gasteiger partial charge < -0.3 is 8.85 Å². The van der Waals surface area contributed by atoms with E-state index in [1.807, 2.05) is 11.2 Å². The Labute approximate surface area is 107 Å². The molecule has 0 aromatic heterocycles. The van der Waals surface area contributed by atoms with E-state index in [4.69, 9.17) is 8.85 Å². The molecule has 98 valence electrons. The molecule has 0 bridgehead atoms. The van der Waals surface area contributed by atoms with Gasteiger partial charge in [-0.25, -0.2) is 0 Å². The summed E-state index contributed by atoms with van der Waals surface area (Å²) >= 11 is 2.01. The van der Waals surface area contributed by atoms with Gasteiger partial charge in [0.2, 0.25) is 0 Å². The summed E-state index contributed by atoms with van der Waals surface area (Å²) in [6.45, 7) is 16.5. The van der Waals surface area contributed by atoms with Crippen LogP contribution in [-0.4, -0.2) is 27.8 Å². The van der Waals surface area contributed by atoms with Crippen molar-refractivity contribution < 1.29 is 8.85 Å². The number of rotatable bonds is 8. The Bertz CT molecular complexity index is 189. The topological polar surface area (TPSA) is 18.5 Å². The molecule has 0 fully saturated rings. The van der Waals surface area contributed by atoms with Crippen molar-refractivity contribution in [3.63, 3.8) is 0 Å². The maximum Gasteiger partial charge on any atom is 0.335 e. The molecule has 0 aromatic rings. The zero-order valence-corrected chi connectivity index (χ0v) is 14.7. The van der Waals surface area contributed by atoms with E-state index in [1.54, 1.807) is 0 Å². The van der Waals surface area contributed by atoms with E-state index in [-0.39, 0.29) is 5.44 Å². The molecule has 5 heteroatoms. The van der Waals surface area contributed by atoms with Crippen molar-refractivity contribution in [2.24, 2.45) is 0 Å². The van der Waals surface area contributed by atoms with Gasteiger partial charge in [-0.15, -0.1) is 0 Å². The molecule has 2 atom stereocenters. The first kappa shape index (κ1) is 16.7.